The Labute approximate surface area is 86.9 Å². The number of hydrogen-bond acceptors (Lipinski definition) is 4. The van der Waals surface area contributed by atoms with Crippen LogP contribution in [0.15, 0.2) is 0 Å². The first kappa shape index (κ1) is 12.1. The second kappa shape index (κ2) is 5.23. The van der Waals surface area contributed by atoms with Gasteiger partial charge in [0.05, 0.1) is 12.2 Å². The molecule has 0 bridgehead atoms. The van der Waals surface area contributed by atoms with Gasteiger partial charge in [0.25, 0.3) is 0 Å². The highest BCUT2D eigenvalue weighted by Crippen LogP contribution is 2.34. The molecule has 0 aromatic heterocycles. The zero-order valence-corrected chi connectivity index (χ0v) is 10.4. The van der Waals surface area contributed by atoms with E-state index in [1.807, 2.05) is 0 Å². The minimum atomic E-state index is -2.41. The molecule has 0 N–H and O–H groups in total. The van der Waals surface area contributed by atoms with Crippen LogP contribution in [0.2, 0.25) is 6.04 Å². The average molecular weight is 220 g/mol. The van der Waals surface area contributed by atoms with E-state index in [1.165, 1.54) is 0 Å². The van der Waals surface area contributed by atoms with Gasteiger partial charge in [-0.25, -0.2) is 0 Å². The van der Waals surface area contributed by atoms with Gasteiger partial charge in [0, 0.05) is 27.4 Å². The molecule has 0 aliphatic carbocycles. The number of ether oxygens (including phenoxy) is 1. The molecule has 1 aliphatic heterocycles. The van der Waals surface area contributed by atoms with Crippen molar-refractivity contribution in [3.8, 4) is 0 Å². The lowest BCUT2D eigenvalue weighted by molar-refractivity contribution is 0.121. The summed E-state index contributed by atoms with van der Waals surface area (Å²) >= 11 is 0. The molecule has 14 heavy (non-hydrogen) atoms. The van der Waals surface area contributed by atoms with E-state index in [9.17, 15) is 0 Å². The molecule has 0 aromatic carbocycles. The first-order chi connectivity index (χ1) is 6.71. The molecule has 0 spiro atoms. The summed E-state index contributed by atoms with van der Waals surface area (Å²) < 4.78 is 21.5. The summed E-state index contributed by atoms with van der Waals surface area (Å²) in [6, 6.07) is 0.765. The van der Waals surface area contributed by atoms with Crippen molar-refractivity contribution < 1.29 is 18.0 Å². The van der Waals surface area contributed by atoms with Crippen LogP contribution in [0.5, 0.6) is 0 Å². The van der Waals surface area contributed by atoms with E-state index in [-0.39, 0.29) is 6.10 Å². The molecule has 0 radical (unpaired) electrons. The Bertz CT molecular complexity index is 164. The van der Waals surface area contributed by atoms with Crippen LogP contribution in [-0.4, -0.2) is 42.3 Å². The fourth-order valence-electron chi connectivity index (χ4n) is 1.64. The summed E-state index contributed by atoms with van der Waals surface area (Å²) in [5.74, 6) is 0. The molecule has 1 heterocycles. The summed E-state index contributed by atoms with van der Waals surface area (Å²) in [5.41, 5.74) is 0. The standard InChI is InChI=1S/C9H20O4Si/c1-5-6-8-9(13-8)7-14(10-2,11-3)12-4/h8-9H,5-7H2,1-4H3. The van der Waals surface area contributed by atoms with Crippen molar-refractivity contribution in [1.82, 2.24) is 0 Å². The Hall–Kier alpha value is 0.0569. The third-order valence-electron chi connectivity index (χ3n) is 2.65. The Morgan fingerprint density at radius 2 is 1.64 bits per heavy atom. The summed E-state index contributed by atoms with van der Waals surface area (Å²) in [4.78, 5) is 0. The topological polar surface area (TPSA) is 40.2 Å². The van der Waals surface area contributed by atoms with Crippen molar-refractivity contribution in [3.63, 3.8) is 0 Å². The third-order valence-corrected chi connectivity index (χ3v) is 5.41. The molecular weight excluding hydrogens is 200 g/mol. The lowest BCUT2D eigenvalue weighted by Crippen LogP contribution is -2.44. The lowest BCUT2D eigenvalue weighted by atomic mass is 10.2. The van der Waals surface area contributed by atoms with E-state index >= 15 is 0 Å². The average Bonchev–Trinajstić information content (AvgIpc) is 2.94. The largest absolute Gasteiger partial charge is 0.502 e. The normalized spacial score (nSPS) is 26.6. The van der Waals surface area contributed by atoms with Crippen LogP contribution in [0.3, 0.4) is 0 Å². The molecule has 1 aliphatic rings. The highest BCUT2D eigenvalue weighted by molar-refractivity contribution is 6.60. The molecule has 0 amide bonds. The molecule has 2 unspecified atom stereocenters. The van der Waals surface area contributed by atoms with Crippen molar-refractivity contribution in [1.29, 1.82) is 0 Å². The maximum Gasteiger partial charge on any atom is 0.502 e. The van der Waals surface area contributed by atoms with E-state index in [1.54, 1.807) is 21.3 Å². The predicted octanol–water partition coefficient (Wildman–Crippen LogP) is 1.43. The van der Waals surface area contributed by atoms with Crippen molar-refractivity contribution >= 4 is 8.80 Å². The maximum atomic E-state index is 5.51. The Kier molecular flexibility index (Phi) is 4.53. The van der Waals surface area contributed by atoms with Gasteiger partial charge in [-0.05, 0) is 6.42 Å². The molecule has 84 valence electrons. The van der Waals surface area contributed by atoms with E-state index in [2.05, 4.69) is 6.92 Å². The molecule has 1 rings (SSSR count). The second-order valence-corrected chi connectivity index (χ2v) is 6.50. The molecule has 5 heteroatoms. The predicted molar refractivity (Wildman–Crippen MR) is 55.2 cm³/mol. The van der Waals surface area contributed by atoms with Crippen molar-refractivity contribution in [2.45, 2.75) is 38.0 Å². The fraction of sp³-hybridized carbons (Fsp3) is 1.00. The third kappa shape index (κ3) is 2.77. The van der Waals surface area contributed by atoms with Crippen LogP contribution in [0.25, 0.3) is 0 Å². The summed E-state index contributed by atoms with van der Waals surface area (Å²) in [6.07, 6.45) is 2.95. The molecule has 1 fully saturated rings. The van der Waals surface area contributed by atoms with Crippen LogP contribution in [-0.2, 0) is 18.0 Å². The summed E-state index contributed by atoms with van der Waals surface area (Å²) in [7, 11) is 2.49. The molecule has 2 atom stereocenters. The molecule has 4 nitrogen and oxygen atoms in total. The van der Waals surface area contributed by atoms with Crippen molar-refractivity contribution in [2.24, 2.45) is 0 Å². The molecule has 0 saturated carbocycles. The highest BCUT2D eigenvalue weighted by atomic mass is 28.4. The first-order valence-corrected chi connectivity index (χ1v) is 6.95. The maximum absolute atomic E-state index is 5.51. The zero-order chi connectivity index (χ0) is 10.6. The van der Waals surface area contributed by atoms with Gasteiger partial charge >= 0.3 is 8.80 Å². The SMILES string of the molecule is CCCC1OC1C[Si](OC)(OC)OC. The number of hydrogen-bond donors (Lipinski definition) is 0. The minimum Gasteiger partial charge on any atom is -0.377 e. The van der Waals surface area contributed by atoms with Crippen molar-refractivity contribution in [2.75, 3.05) is 21.3 Å². The van der Waals surface area contributed by atoms with Gasteiger partial charge in [-0.2, -0.15) is 0 Å². The van der Waals surface area contributed by atoms with E-state index < -0.39 is 8.80 Å². The first-order valence-electron chi connectivity index (χ1n) is 5.02. The second-order valence-electron chi connectivity index (χ2n) is 3.50. The van der Waals surface area contributed by atoms with Gasteiger partial charge in [-0.1, -0.05) is 13.3 Å². The van der Waals surface area contributed by atoms with Crippen LogP contribution < -0.4 is 0 Å². The summed E-state index contributed by atoms with van der Waals surface area (Å²) in [6.45, 7) is 2.16. The van der Waals surface area contributed by atoms with Gasteiger partial charge in [0.1, 0.15) is 0 Å². The molecule has 1 saturated heterocycles. The van der Waals surface area contributed by atoms with Gasteiger partial charge in [-0.15, -0.1) is 0 Å². The minimum absolute atomic E-state index is 0.279. The smallest absolute Gasteiger partial charge is 0.377 e. The van der Waals surface area contributed by atoms with Gasteiger partial charge in [0.15, 0.2) is 0 Å². The Morgan fingerprint density at radius 3 is 2.07 bits per heavy atom. The molecular formula is C9H20O4Si. The Balaban J connectivity index is 2.35. The van der Waals surface area contributed by atoms with Crippen LogP contribution >= 0.6 is 0 Å². The van der Waals surface area contributed by atoms with E-state index in [0.717, 1.165) is 18.9 Å². The zero-order valence-electron chi connectivity index (χ0n) is 9.41. The van der Waals surface area contributed by atoms with Crippen LogP contribution in [0, 0.1) is 0 Å². The quantitative estimate of drug-likeness (QED) is 0.481. The number of rotatable bonds is 7. The van der Waals surface area contributed by atoms with Crippen LogP contribution in [0.1, 0.15) is 19.8 Å². The fourth-order valence-corrected chi connectivity index (χ4v) is 3.50. The van der Waals surface area contributed by atoms with Gasteiger partial charge in [-0.3, -0.25) is 0 Å². The number of epoxide rings is 1. The van der Waals surface area contributed by atoms with Gasteiger partial charge in [0.2, 0.25) is 0 Å². The Morgan fingerprint density at radius 1 is 1.07 bits per heavy atom. The van der Waals surface area contributed by atoms with E-state index in [4.69, 9.17) is 18.0 Å². The van der Waals surface area contributed by atoms with Crippen molar-refractivity contribution in [3.05, 3.63) is 0 Å². The monoisotopic (exact) mass is 220 g/mol. The lowest BCUT2D eigenvalue weighted by Gasteiger charge is -2.23. The van der Waals surface area contributed by atoms with E-state index in [0.29, 0.717) is 6.10 Å². The molecule has 0 aromatic rings. The van der Waals surface area contributed by atoms with Gasteiger partial charge < -0.3 is 18.0 Å². The summed E-state index contributed by atoms with van der Waals surface area (Å²) in [5, 5.41) is 0. The highest BCUT2D eigenvalue weighted by Gasteiger charge is 2.49. The van der Waals surface area contributed by atoms with Crippen LogP contribution in [0.4, 0.5) is 0 Å².